The summed E-state index contributed by atoms with van der Waals surface area (Å²) < 4.78 is 39.2. The Kier molecular flexibility index (Phi) is 7.06. The van der Waals surface area contributed by atoms with Gasteiger partial charge in [0.1, 0.15) is 18.1 Å². The number of nitrogens with zero attached hydrogens (tertiary/aromatic N) is 4. The molecule has 3 heterocycles. The summed E-state index contributed by atoms with van der Waals surface area (Å²) in [5.74, 6) is 0.482. The highest BCUT2D eigenvalue weighted by atomic mass is 32.2. The van der Waals surface area contributed by atoms with Gasteiger partial charge in [0.25, 0.3) is 10.0 Å². The number of amides is 1. The Bertz CT molecular complexity index is 963. The van der Waals surface area contributed by atoms with Crippen LogP contribution >= 0.6 is 0 Å². The second kappa shape index (κ2) is 9.54. The summed E-state index contributed by atoms with van der Waals surface area (Å²) in [5.41, 5.74) is 0.484. The first-order chi connectivity index (χ1) is 14.3. The van der Waals surface area contributed by atoms with Crippen molar-refractivity contribution in [3.63, 3.8) is 0 Å². The average Bonchev–Trinajstić information content (AvgIpc) is 3.09. The Balaban J connectivity index is 1.59. The Morgan fingerprint density at radius 3 is 2.67 bits per heavy atom. The largest absolute Gasteiger partial charge is 0.474 e. The van der Waals surface area contributed by atoms with Crippen LogP contribution in [0.15, 0.2) is 29.6 Å². The van der Waals surface area contributed by atoms with E-state index in [1.54, 1.807) is 44.0 Å². The second-order valence-corrected chi connectivity index (χ2v) is 8.99. The maximum atomic E-state index is 12.8. The van der Waals surface area contributed by atoms with Crippen molar-refractivity contribution in [2.45, 2.75) is 24.8 Å². The average molecular weight is 438 g/mol. The smallest absolute Gasteiger partial charge is 0.262 e. The van der Waals surface area contributed by atoms with Crippen molar-refractivity contribution in [2.24, 2.45) is 13.0 Å². The predicted molar refractivity (Wildman–Crippen MR) is 110 cm³/mol. The zero-order valence-electron chi connectivity index (χ0n) is 17.4. The van der Waals surface area contributed by atoms with Gasteiger partial charge in [0, 0.05) is 45.6 Å². The molecule has 2 aromatic rings. The Morgan fingerprint density at radius 1 is 1.30 bits per heavy atom. The number of aryl methyl sites for hydroxylation is 2. The normalized spacial score (nSPS) is 15.8. The molecule has 0 saturated carbocycles. The molecule has 0 atom stereocenters. The van der Waals surface area contributed by atoms with Crippen molar-refractivity contribution in [3.8, 4) is 5.88 Å². The van der Waals surface area contributed by atoms with E-state index in [1.807, 2.05) is 0 Å². The minimum absolute atomic E-state index is 0.0404. The van der Waals surface area contributed by atoms with Crippen molar-refractivity contribution in [2.75, 3.05) is 38.7 Å². The number of sulfonamides is 1. The van der Waals surface area contributed by atoms with Crippen LogP contribution in [-0.4, -0.2) is 66.6 Å². The van der Waals surface area contributed by atoms with E-state index >= 15 is 0 Å². The molecule has 3 rings (SSSR count). The number of aromatic nitrogens is 3. The van der Waals surface area contributed by atoms with E-state index in [1.165, 1.54) is 10.5 Å². The van der Waals surface area contributed by atoms with Crippen molar-refractivity contribution in [1.29, 1.82) is 0 Å². The van der Waals surface area contributed by atoms with Crippen LogP contribution in [0.4, 0.5) is 5.69 Å². The molecule has 1 fully saturated rings. The summed E-state index contributed by atoms with van der Waals surface area (Å²) in [5, 5.41) is 2.89. The summed E-state index contributed by atoms with van der Waals surface area (Å²) in [6, 6.07) is 3.43. The molecule has 11 heteroatoms. The maximum Gasteiger partial charge on any atom is 0.262 e. The fourth-order valence-corrected chi connectivity index (χ4v) is 4.69. The minimum atomic E-state index is -3.66. The Morgan fingerprint density at radius 2 is 2.03 bits per heavy atom. The number of pyridine rings is 1. The highest BCUT2D eigenvalue weighted by Crippen LogP contribution is 2.26. The third kappa shape index (κ3) is 4.97. The standard InChI is InChI=1S/C19H27N5O5S/c1-14-21-17(13-23(14)2)30(26,27)24-9-6-15(7-10-24)18(25)22-16-5-4-8-20-19(16)29-12-11-28-3/h4-5,8,13,15H,6-7,9-12H2,1-3H3,(H,22,25). The second-order valence-electron chi connectivity index (χ2n) is 7.10. The van der Waals surface area contributed by atoms with Gasteiger partial charge in [0.05, 0.1) is 6.61 Å². The molecule has 1 saturated heterocycles. The van der Waals surface area contributed by atoms with E-state index in [0.717, 1.165) is 0 Å². The summed E-state index contributed by atoms with van der Waals surface area (Å²) >= 11 is 0. The summed E-state index contributed by atoms with van der Waals surface area (Å²) in [7, 11) is -0.334. The van der Waals surface area contributed by atoms with E-state index in [2.05, 4.69) is 15.3 Å². The van der Waals surface area contributed by atoms with E-state index in [4.69, 9.17) is 9.47 Å². The molecule has 1 aliphatic rings. The van der Waals surface area contributed by atoms with Gasteiger partial charge in [0.2, 0.25) is 11.8 Å². The summed E-state index contributed by atoms with van der Waals surface area (Å²) in [6.45, 7) is 3.01. The fourth-order valence-electron chi connectivity index (χ4n) is 3.20. The number of methoxy groups -OCH3 is 1. The van der Waals surface area contributed by atoms with E-state index in [0.29, 0.717) is 43.4 Å². The van der Waals surface area contributed by atoms with Crippen molar-refractivity contribution in [3.05, 3.63) is 30.4 Å². The zero-order chi connectivity index (χ0) is 21.7. The minimum Gasteiger partial charge on any atom is -0.474 e. The van der Waals surface area contributed by atoms with Crippen LogP contribution in [0, 0.1) is 12.8 Å². The van der Waals surface area contributed by atoms with Gasteiger partial charge in [-0.05, 0) is 31.9 Å². The van der Waals surface area contributed by atoms with E-state index in [-0.39, 0.29) is 29.9 Å². The lowest BCUT2D eigenvalue weighted by atomic mass is 9.97. The van der Waals surface area contributed by atoms with Crippen LogP contribution in [-0.2, 0) is 26.6 Å². The van der Waals surface area contributed by atoms with E-state index < -0.39 is 10.0 Å². The van der Waals surface area contributed by atoms with Crippen molar-refractivity contribution >= 4 is 21.6 Å². The topological polar surface area (TPSA) is 116 Å². The first-order valence-corrected chi connectivity index (χ1v) is 11.1. The van der Waals surface area contributed by atoms with Crippen LogP contribution < -0.4 is 10.1 Å². The predicted octanol–water partition coefficient (Wildman–Crippen LogP) is 1.19. The molecule has 30 heavy (non-hydrogen) atoms. The van der Waals surface area contributed by atoms with E-state index in [9.17, 15) is 13.2 Å². The van der Waals surface area contributed by atoms with Gasteiger partial charge >= 0.3 is 0 Å². The zero-order valence-corrected chi connectivity index (χ0v) is 18.2. The molecule has 0 bridgehead atoms. The summed E-state index contributed by atoms with van der Waals surface area (Å²) in [4.78, 5) is 21.0. The molecule has 0 aromatic carbocycles. The van der Waals surface area contributed by atoms with Crippen molar-refractivity contribution in [1.82, 2.24) is 18.8 Å². The van der Waals surface area contributed by atoms with Crippen LogP contribution in [0.5, 0.6) is 5.88 Å². The highest BCUT2D eigenvalue weighted by Gasteiger charge is 2.33. The van der Waals surface area contributed by atoms with Gasteiger partial charge < -0.3 is 19.4 Å². The molecule has 0 spiro atoms. The number of nitrogens with one attached hydrogen (secondary N) is 1. The lowest BCUT2D eigenvalue weighted by molar-refractivity contribution is -0.120. The Hall–Kier alpha value is -2.50. The maximum absolute atomic E-state index is 12.8. The number of hydrogen-bond donors (Lipinski definition) is 1. The van der Waals surface area contributed by atoms with Gasteiger partial charge in [-0.1, -0.05) is 0 Å². The molecule has 1 amide bonds. The molecule has 1 N–H and O–H groups in total. The number of ether oxygens (including phenoxy) is 2. The molecular weight excluding hydrogens is 410 g/mol. The molecule has 0 radical (unpaired) electrons. The van der Waals surface area contributed by atoms with Gasteiger partial charge in [-0.25, -0.2) is 18.4 Å². The van der Waals surface area contributed by atoms with Crippen LogP contribution in [0.1, 0.15) is 18.7 Å². The first kappa shape index (κ1) is 22.2. The first-order valence-electron chi connectivity index (χ1n) is 9.70. The molecule has 0 unspecified atom stereocenters. The number of piperidine rings is 1. The van der Waals surface area contributed by atoms with Gasteiger partial charge in [0.15, 0.2) is 5.03 Å². The molecular formula is C19H27N5O5S. The number of carbonyl (C=O) groups excluding carboxylic acids is 1. The quantitative estimate of drug-likeness (QED) is 0.617. The van der Waals surface area contributed by atoms with Crippen LogP contribution in [0.3, 0.4) is 0 Å². The molecule has 2 aromatic heterocycles. The summed E-state index contributed by atoms with van der Waals surface area (Å²) in [6.07, 6.45) is 3.95. The SMILES string of the molecule is COCCOc1ncccc1NC(=O)C1CCN(S(=O)(=O)c2cn(C)c(C)n2)CC1. The number of hydrogen-bond acceptors (Lipinski definition) is 7. The van der Waals surface area contributed by atoms with Gasteiger partial charge in [-0.2, -0.15) is 4.31 Å². The molecule has 1 aliphatic heterocycles. The number of carbonyl (C=O) groups is 1. The molecule has 0 aliphatic carbocycles. The lowest BCUT2D eigenvalue weighted by Crippen LogP contribution is -2.41. The fraction of sp³-hybridized carbons (Fsp3) is 0.526. The highest BCUT2D eigenvalue weighted by molar-refractivity contribution is 7.89. The lowest BCUT2D eigenvalue weighted by Gasteiger charge is -2.30. The number of imidazole rings is 1. The number of rotatable bonds is 8. The van der Waals surface area contributed by atoms with Crippen LogP contribution in [0.2, 0.25) is 0 Å². The Labute approximate surface area is 176 Å². The molecule has 164 valence electrons. The monoisotopic (exact) mass is 437 g/mol. The van der Waals surface area contributed by atoms with Gasteiger partial charge in [-0.15, -0.1) is 0 Å². The number of anilines is 1. The van der Waals surface area contributed by atoms with Crippen LogP contribution in [0.25, 0.3) is 0 Å². The van der Waals surface area contributed by atoms with Crippen molar-refractivity contribution < 1.29 is 22.7 Å². The van der Waals surface area contributed by atoms with Gasteiger partial charge in [-0.3, -0.25) is 4.79 Å². The third-order valence-electron chi connectivity index (χ3n) is 5.07. The third-order valence-corrected chi connectivity index (χ3v) is 6.84. The molecule has 10 nitrogen and oxygen atoms in total.